The first-order valence-electron chi connectivity index (χ1n) is 7.84. The van der Waals surface area contributed by atoms with Gasteiger partial charge in [0.15, 0.2) is 0 Å². The molecular formula is C15H29N3O2. The van der Waals surface area contributed by atoms with Crippen LogP contribution in [-0.2, 0) is 4.79 Å². The maximum Gasteiger partial charge on any atom is 0.323 e. The lowest BCUT2D eigenvalue weighted by Crippen LogP contribution is -2.52. The second-order valence-corrected chi connectivity index (χ2v) is 6.76. The Balaban J connectivity index is 1.77. The highest BCUT2D eigenvalue weighted by atomic mass is 16.4. The number of aliphatic carboxylic acids is 1. The van der Waals surface area contributed by atoms with Gasteiger partial charge >= 0.3 is 5.97 Å². The molecule has 1 aliphatic heterocycles. The first kappa shape index (κ1) is 15.7. The van der Waals surface area contributed by atoms with Crippen LogP contribution >= 0.6 is 0 Å². The Labute approximate surface area is 122 Å². The van der Waals surface area contributed by atoms with Gasteiger partial charge < -0.3 is 20.6 Å². The van der Waals surface area contributed by atoms with Crippen LogP contribution in [0.5, 0.6) is 0 Å². The van der Waals surface area contributed by atoms with Crippen molar-refractivity contribution in [3.05, 3.63) is 0 Å². The number of carboxylic acid groups (broad SMARTS) is 1. The number of piperidine rings is 1. The van der Waals surface area contributed by atoms with Crippen LogP contribution in [0.3, 0.4) is 0 Å². The maximum absolute atomic E-state index is 11.4. The van der Waals surface area contributed by atoms with Gasteiger partial charge in [0.05, 0.1) is 0 Å². The van der Waals surface area contributed by atoms with Gasteiger partial charge in [-0.3, -0.25) is 4.79 Å². The standard InChI is InChI=1S/C15H29N3O2/c1-17(2)13-6-10-18(11-7-13)9-5-12-4-3-8-15(12,16)14(19)20/h12-13H,3-11,16H2,1-2H3,(H,19,20). The highest BCUT2D eigenvalue weighted by Crippen LogP contribution is 2.36. The van der Waals surface area contributed by atoms with Crippen LogP contribution in [-0.4, -0.2) is 66.2 Å². The summed E-state index contributed by atoms with van der Waals surface area (Å²) in [4.78, 5) is 16.1. The van der Waals surface area contributed by atoms with Gasteiger partial charge in [0.1, 0.15) is 5.54 Å². The molecule has 0 radical (unpaired) electrons. The molecule has 2 rings (SSSR count). The molecule has 2 fully saturated rings. The molecule has 1 heterocycles. The van der Waals surface area contributed by atoms with E-state index in [-0.39, 0.29) is 5.92 Å². The van der Waals surface area contributed by atoms with E-state index in [0.29, 0.717) is 12.5 Å². The van der Waals surface area contributed by atoms with Crippen LogP contribution in [0.25, 0.3) is 0 Å². The van der Waals surface area contributed by atoms with Crippen molar-refractivity contribution in [2.45, 2.75) is 50.1 Å². The van der Waals surface area contributed by atoms with E-state index in [1.165, 1.54) is 12.8 Å². The van der Waals surface area contributed by atoms with Crippen LogP contribution < -0.4 is 5.73 Å². The van der Waals surface area contributed by atoms with Crippen molar-refractivity contribution in [3.63, 3.8) is 0 Å². The van der Waals surface area contributed by atoms with Gasteiger partial charge in [-0.25, -0.2) is 0 Å². The van der Waals surface area contributed by atoms with Gasteiger partial charge in [-0.1, -0.05) is 6.42 Å². The summed E-state index contributed by atoms with van der Waals surface area (Å²) in [7, 11) is 4.29. The molecule has 1 aliphatic carbocycles. The number of carbonyl (C=O) groups is 1. The van der Waals surface area contributed by atoms with E-state index in [9.17, 15) is 9.90 Å². The molecule has 2 unspecified atom stereocenters. The van der Waals surface area contributed by atoms with Gasteiger partial charge in [-0.05, 0) is 71.8 Å². The predicted molar refractivity (Wildman–Crippen MR) is 79.7 cm³/mol. The Morgan fingerprint density at radius 2 is 2.00 bits per heavy atom. The molecule has 2 atom stereocenters. The highest BCUT2D eigenvalue weighted by molar-refractivity contribution is 5.79. The van der Waals surface area contributed by atoms with Gasteiger partial charge in [-0.2, -0.15) is 0 Å². The topological polar surface area (TPSA) is 69.8 Å². The molecule has 5 nitrogen and oxygen atoms in total. The minimum absolute atomic E-state index is 0.145. The highest BCUT2D eigenvalue weighted by Gasteiger charge is 2.45. The predicted octanol–water partition coefficient (Wildman–Crippen LogP) is 0.985. The number of rotatable bonds is 5. The Morgan fingerprint density at radius 1 is 1.35 bits per heavy atom. The molecule has 0 bridgehead atoms. The molecule has 116 valence electrons. The average molecular weight is 283 g/mol. The van der Waals surface area contributed by atoms with Gasteiger partial charge in [-0.15, -0.1) is 0 Å². The SMILES string of the molecule is CN(C)C1CCN(CCC2CCCC2(N)C(=O)O)CC1. The van der Waals surface area contributed by atoms with E-state index in [1.54, 1.807) is 0 Å². The Kier molecular flexibility index (Phi) is 5.04. The Morgan fingerprint density at radius 3 is 2.55 bits per heavy atom. The zero-order valence-corrected chi connectivity index (χ0v) is 12.8. The summed E-state index contributed by atoms with van der Waals surface area (Å²) < 4.78 is 0. The van der Waals surface area contributed by atoms with E-state index in [0.717, 1.165) is 38.9 Å². The average Bonchev–Trinajstić information content (AvgIpc) is 2.79. The van der Waals surface area contributed by atoms with Gasteiger partial charge in [0.25, 0.3) is 0 Å². The molecule has 1 saturated carbocycles. The number of likely N-dealkylation sites (tertiary alicyclic amines) is 1. The van der Waals surface area contributed by atoms with Crippen molar-refractivity contribution in [1.82, 2.24) is 9.80 Å². The number of nitrogens with two attached hydrogens (primary N) is 1. The fourth-order valence-electron chi connectivity index (χ4n) is 3.78. The lowest BCUT2D eigenvalue weighted by Gasteiger charge is -2.36. The number of carboxylic acids is 1. The van der Waals surface area contributed by atoms with Crippen molar-refractivity contribution < 1.29 is 9.90 Å². The number of hydrogen-bond acceptors (Lipinski definition) is 4. The van der Waals surface area contributed by atoms with Crippen LogP contribution in [0.15, 0.2) is 0 Å². The van der Waals surface area contributed by atoms with E-state index in [2.05, 4.69) is 23.9 Å². The van der Waals surface area contributed by atoms with E-state index in [1.807, 2.05) is 0 Å². The van der Waals surface area contributed by atoms with Crippen molar-refractivity contribution >= 4 is 5.97 Å². The first-order valence-corrected chi connectivity index (χ1v) is 7.84. The molecule has 0 spiro atoms. The van der Waals surface area contributed by atoms with E-state index >= 15 is 0 Å². The second-order valence-electron chi connectivity index (χ2n) is 6.76. The monoisotopic (exact) mass is 283 g/mol. The number of hydrogen-bond donors (Lipinski definition) is 2. The third-order valence-electron chi connectivity index (χ3n) is 5.35. The fraction of sp³-hybridized carbons (Fsp3) is 0.933. The minimum atomic E-state index is -0.970. The summed E-state index contributed by atoms with van der Waals surface area (Å²) in [6.45, 7) is 3.25. The maximum atomic E-state index is 11.4. The first-order chi connectivity index (χ1) is 9.43. The van der Waals surface area contributed by atoms with Crippen molar-refractivity contribution in [2.75, 3.05) is 33.7 Å². The summed E-state index contributed by atoms with van der Waals surface area (Å²) >= 11 is 0. The summed E-state index contributed by atoms with van der Waals surface area (Å²) in [6, 6.07) is 0.699. The second kappa shape index (κ2) is 6.41. The lowest BCUT2D eigenvalue weighted by atomic mass is 9.85. The minimum Gasteiger partial charge on any atom is -0.480 e. The Hall–Kier alpha value is -0.650. The summed E-state index contributed by atoms with van der Waals surface area (Å²) in [6.07, 6.45) is 5.91. The van der Waals surface area contributed by atoms with Gasteiger partial charge in [0.2, 0.25) is 0 Å². The molecular weight excluding hydrogens is 254 g/mol. The molecule has 0 amide bonds. The zero-order valence-electron chi connectivity index (χ0n) is 12.8. The largest absolute Gasteiger partial charge is 0.480 e. The van der Waals surface area contributed by atoms with Crippen molar-refractivity contribution in [1.29, 1.82) is 0 Å². The zero-order chi connectivity index (χ0) is 14.8. The fourth-order valence-corrected chi connectivity index (χ4v) is 3.78. The summed E-state index contributed by atoms with van der Waals surface area (Å²) in [5, 5.41) is 9.33. The molecule has 1 saturated heterocycles. The molecule has 3 N–H and O–H groups in total. The van der Waals surface area contributed by atoms with Crippen LogP contribution in [0.4, 0.5) is 0 Å². The summed E-state index contributed by atoms with van der Waals surface area (Å²) in [5.41, 5.74) is 5.13. The van der Waals surface area contributed by atoms with Crippen LogP contribution in [0, 0.1) is 5.92 Å². The van der Waals surface area contributed by atoms with Crippen LogP contribution in [0.2, 0.25) is 0 Å². The molecule has 2 aliphatic rings. The third kappa shape index (κ3) is 3.32. The van der Waals surface area contributed by atoms with E-state index < -0.39 is 11.5 Å². The summed E-state index contributed by atoms with van der Waals surface area (Å²) in [5.74, 6) is -0.669. The third-order valence-corrected chi connectivity index (χ3v) is 5.35. The molecule has 0 aromatic rings. The number of nitrogens with zero attached hydrogens (tertiary/aromatic N) is 2. The normalized spacial score (nSPS) is 32.9. The smallest absolute Gasteiger partial charge is 0.323 e. The molecule has 0 aromatic heterocycles. The quantitative estimate of drug-likeness (QED) is 0.787. The van der Waals surface area contributed by atoms with Crippen LogP contribution in [0.1, 0.15) is 38.5 Å². The molecule has 5 heteroatoms. The van der Waals surface area contributed by atoms with Gasteiger partial charge in [0, 0.05) is 6.04 Å². The molecule has 0 aromatic carbocycles. The Bertz CT molecular complexity index is 340. The molecule has 20 heavy (non-hydrogen) atoms. The van der Waals surface area contributed by atoms with Crippen molar-refractivity contribution in [3.8, 4) is 0 Å². The van der Waals surface area contributed by atoms with E-state index in [4.69, 9.17) is 5.73 Å². The lowest BCUT2D eigenvalue weighted by molar-refractivity contribution is -0.144. The van der Waals surface area contributed by atoms with Crippen molar-refractivity contribution in [2.24, 2.45) is 11.7 Å².